The zero-order valence-electron chi connectivity index (χ0n) is 12.3. The topological polar surface area (TPSA) is 91.3 Å². The molecule has 0 saturated heterocycles. The van der Waals surface area contributed by atoms with Gasteiger partial charge < -0.3 is 10.4 Å². The molecule has 0 unspecified atom stereocenters. The lowest BCUT2D eigenvalue weighted by molar-refractivity contribution is 0.0696. The fraction of sp³-hybridized carbons (Fsp3) is 0.267. The summed E-state index contributed by atoms with van der Waals surface area (Å²) >= 11 is 1.37. The second-order valence-corrected chi connectivity index (χ2v) is 5.89. The second-order valence-electron chi connectivity index (χ2n) is 5.03. The van der Waals surface area contributed by atoms with Crippen molar-refractivity contribution in [2.45, 2.75) is 26.3 Å². The van der Waals surface area contributed by atoms with E-state index in [1.807, 2.05) is 13.8 Å². The van der Waals surface area contributed by atoms with Gasteiger partial charge in [-0.05, 0) is 23.6 Å². The molecule has 116 valence electrons. The molecule has 2 amide bonds. The average Bonchev–Trinajstić information content (AvgIpc) is 2.93. The molecule has 0 saturated carbocycles. The molecule has 0 aliphatic heterocycles. The molecule has 1 aromatic heterocycles. The van der Waals surface area contributed by atoms with Gasteiger partial charge in [0.15, 0.2) is 0 Å². The quantitative estimate of drug-likeness (QED) is 0.788. The molecule has 0 radical (unpaired) electrons. The zero-order chi connectivity index (χ0) is 16.1. The Bertz CT molecular complexity index is 682. The summed E-state index contributed by atoms with van der Waals surface area (Å²) in [5, 5.41) is 15.1. The van der Waals surface area contributed by atoms with Gasteiger partial charge in [0, 0.05) is 6.54 Å². The predicted octanol–water partition coefficient (Wildman–Crippen LogP) is 3.29. The van der Waals surface area contributed by atoms with E-state index in [1.165, 1.54) is 23.5 Å². The van der Waals surface area contributed by atoms with E-state index < -0.39 is 5.97 Å². The van der Waals surface area contributed by atoms with E-state index in [-0.39, 0.29) is 24.1 Å². The Labute approximate surface area is 132 Å². The summed E-state index contributed by atoms with van der Waals surface area (Å²) in [6, 6.07) is 6.12. The third-order valence-electron chi connectivity index (χ3n) is 3.00. The number of carboxylic acid groups (broad SMARTS) is 1. The van der Waals surface area contributed by atoms with Gasteiger partial charge in [-0.15, -0.1) is 11.3 Å². The maximum absolute atomic E-state index is 11.9. The van der Waals surface area contributed by atoms with Gasteiger partial charge in [0.2, 0.25) is 0 Å². The lowest BCUT2D eigenvalue weighted by Gasteiger charge is -2.09. The monoisotopic (exact) mass is 319 g/mol. The maximum atomic E-state index is 11.9. The number of anilines is 1. The van der Waals surface area contributed by atoms with Gasteiger partial charge in [-0.1, -0.05) is 26.0 Å². The number of nitrogens with zero attached hydrogens (tertiary/aromatic N) is 1. The Morgan fingerprint density at radius 3 is 2.82 bits per heavy atom. The van der Waals surface area contributed by atoms with Crippen LogP contribution < -0.4 is 10.6 Å². The molecule has 2 aromatic rings. The van der Waals surface area contributed by atoms with Crippen LogP contribution in [0.2, 0.25) is 0 Å². The predicted molar refractivity (Wildman–Crippen MR) is 85.5 cm³/mol. The number of nitrogens with one attached hydrogen (secondary N) is 2. The minimum Gasteiger partial charge on any atom is -0.478 e. The van der Waals surface area contributed by atoms with Crippen LogP contribution in [-0.2, 0) is 6.54 Å². The van der Waals surface area contributed by atoms with Gasteiger partial charge in [0.05, 0.1) is 16.8 Å². The third-order valence-corrected chi connectivity index (χ3v) is 3.75. The normalized spacial score (nSPS) is 10.5. The number of urea groups is 1. The number of aromatic carboxylic acids is 1. The summed E-state index contributed by atoms with van der Waals surface area (Å²) in [4.78, 5) is 27.0. The van der Waals surface area contributed by atoms with Crippen LogP contribution in [0.4, 0.5) is 9.80 Å². The molecule has 22 heavy (non-hydrogen) atoms. The first-order valence-corrected chi connectivity index (χ1v) is 7.65. The van der Waals surface area contributed by atoms with Crippen molar-refractivity contribution in [1.29, 1.82) is 0 Å². The van der Waals surface area contributed by atoms with E-state index in [0.29, 0.717) is 0 Å². The second kappa shape index (κ2) is 7.04. The standard InChI is InChI=1S/C15H17N3O3S/c1-9(2)12-13(22-8-17-12)18-15(21)16-7-10-4-3-5-11(6-10)14(19)20/h3-6,8-9H,7H2,1-2H3,(H,19,20)(H2,16,18,21). The number of hydrogen-bond donors (Lipinski definition) is 3. The number of carbonyl (C=O) groups excluding carboxylic acids is 1. The highest BCUT2D eigenvalue weighted by atomic mass is 32.1. The molecular formula is C15H17N3O3S. The van der Waals surface area contributed by atoms with Gasteiger partial charge in [-0.25, -0.2) is 14.6 Å². The third kappa shape index (κ3) is 4.05. The first-order chi connectivity index (χ1) is 10.5. The number of thiazole rings is 1. The van der Waals surface area contributed by atoms with Gasteiger partial charge >= 0.3 is 12.0 Å². The van der Waals surface area contributed by atoms with E-state index in [9.17, 15) is 9.59 Å². The number of rotatable bonds is 5. The van der Waals surface area contributed by atoms with Crippen molar-refractivity contribution in [2.24, 2.45) is 0 Å². The van der Waals surface area contributed by atoms with Crippen molar-refractivity contribution < 1.29 is 14.7 Å². The van der Waals surface area contributed by atoms with Crippen molar-refractivity contribution in [3.05, 3.63) is 46.6 Å². The maximum Gasteiger partial charge on any atom is 0.335 e. The molecule has 2 rings (SSSR count). The van der Waals surface area contributed by atoms with E-state index in [0.717, 1.165) is 16.3 Å². The van der Waals surface area contributed by atoms with E-state index in [4.69, 9.17) is 5.11 Å². The molecule has 6 nitrogen and oxygen atoms in total. The van der Waals surface area contributed by atoms with Crippen molar-refractivity contribution in [3.8, 4) is 0 Å². The number of carboxylic acids is 1. The highest BCUT2D eigenvalue weighted by Gasteiger charge is 2.12. The van der Waals surface area contributed by atoms with Gasteiger partial charge in [-0.3, -0.25) is 5.32 Å². The molecule has 1 aromatic carbocycles. The molecule has 1 heterocycles. The van der Waals surface area contributed by atoms with Crippen LogP contribution >= 0.6 is 11.3 Å². The highest BCUT2D eigenvalue weighted by molar-refractivity contribution is 7.14. The van der Waals surface area contributed by atoms with E-state index in [2.05, 4.69) is 15.6 Å². The van der Waals surface area contributed by atoms with Crippen LogP contribution in [-0.4, -0.2) is 22.1 Å². The van der Waals surface area contributed by atoms with Crippen LogP contribution in [0.5, 0.6) is 0 Å². The Morgan fingerprint density at radius 1 is 1.36 bits per heavy atom. The summed E-state index contributed by atoms with van der Waals surface area (Å²) in [5.74, 6) is -0.758. The zero-order valence-corrected chi connectivity index (χ0v) is 13.1. The number of hydrogen-bond acceptors (Lipinski definition) is 4. The number of aromatic nitrogens is 1. The lowest BCUT2D eigenvalue weighted by Crippen LogP contribution is -2.28. The molecular weight excluding hydrogens is 302 g/mol. The highest BCUT2D eigenvalue weighted by Crippen LogP contribution is 2.26. The fourth-order valence-corrected chi connectivity index (χ4v) is 2.74. The first-order valence-electron chi connectivity index (χ1n) is 6.78. The molecule has 0 fully saturated rings. The summed E-state index contributed by atoms with van der Waals surface area (Å²) in [5.41, 5.74) is 3.47. The Morgan fingerprint density at radius 2 is 2.14 bits per heavy atom. The summed E-state index contributed by atoms with van der Waals surface area (Å²) < 4.78 is 0. The van der Waals surface area contributed by atoms with E-state index >= 15 is 0 Å². The van der Waals surface area contributed by atoms with Crippen LogP contribution in [0.15, 0.2) is 29.8 Å². The van der Waals surface area contributed by atoms with Crippen molar-refractivity contribution in [2.75, 3.05) is 5.32 Å². The average molecular weight is 319 g/mol. The first kappa shape index (κ1) is 16.0. The van der Waals surface area contributed by atoms with Crippen LogP contribution in [0.1, 0.15) is 41.4 Å². The molecule has 0 bridgehead atoms. The Balaban J connectivity index is 1.94. The number of carbonyl (C=O) groups is 2. The van der Waals surface area contributed by atoms with Gasteiger partial charge in [-0.2, -0.15) is 0 Å². The van der Waals surface area contributed by atoms with E-state index in [1.54, 1.807) is 17.6 Å². The molecule has 7 heteroatoms. The van der Waals surface area contributed by atoms with Crippen molar-refractivity contribution >= 4 is 28.3 Å². The largest absolute Gasteiger partial charge is 0.478 e. The Kier molecular flexibility index (Phi) is 5.11. The van der Waals surface area contributed by atoms with Crippen molar-refractivity contribution in [1.82, 2.24) is 10.3 Å². The van der Waals surface area contributed by atoms with Gasteiger partial charge in [0.25, 0.3) is 0 Å². The lowest BCUT2D eigenvalue weighted by atomic mass is 10.1. The number of benzene rings is 1. The smallest absolute Gasteiger partial charge is 0.335 e. The van der Waals surface area contributed by atoms with Crippen LogP contribution in [0.25, 0.3) is 0 Å². The minimum absolute atomic E-state index is 0.198. The van der Waals surface area contributed by atoms with Gasteiger partial charge in [0.1, 0.15) is 5.00 Å². The summed E-state index contributed by atoms with van der Waals surface area (Å²) in [6.45, 7) is 4.27. The molecule has 3 N–H and O–H groups in total. The number of amides is 2. The van der Waals surface area contributed by atoms with Crippen molar-refractivity contribution in [3.63, 3.8) is 0 Å². The van der Waals surface area contributed by atoms with Crippen LogP contribution in [0, 0.1) is 0 Å². The Hall–Kier alpha value is -2.41. The SMILES string of the molecule is CC(C)c1ncsc1NC(=O)NCc1cccc(C(=O)O)c1. The molecule has 0 aliphatic carbocycles. The molecule has 0 spiro atoms. The minimum atomic E-state index is -0.988. The molecule has 0 atom stereocenters. The summed E-state index contributed by atoms with van der Waals surface area (Å²) in [7, 11) is 0. The fourth-order valence-electron chi connectivity index (χ4n) is 1.90. The van der Waals surface area contributed by atoms with Crippen LogP contribution in [0.3, 0.4) is 0 Å². The molecule has 0 aliphatic rings. The summed E-state index contributed by atoms with van der Waals surface area (Å²) in [6.07, 6.45) is 0.